The van der Waals surface area contributed by atoms with Gasteiger partial charge in [-0.1, -0.05) is 13.8 Å². The largest absolute Gasteiger partial charge is 0.313 e. The van der Waals surface area contributed by atoms with Crippen molar-refractivity contribution in [3.8, 4) is 0 Å². The van der Waals surface area contributed by atoms with Gasteiger partial charge in [0, 0.05) is 24.0 Å². The summed E-state index contributed by atoms with van der Waals surface area (Å²) in [5.74, 6) is 0.766. The van der Waals surface area contributed by atoms with E-state index in [2.05, 4.69) is 17.3 Å². The molecule has 21 heavy (non-hydrogen) atoms. The molecule has 1 aliphatic carbocycles. The van der Waals surface area contributed by atoms with Crippen molar-refractivity contribution in [1.82, 2.24) is 15.1 Å². The second-order valence-electron chi connectivity index (χ2n) is 6.13. The van der Waals surface area contributed by atoms with E-state index in [-0.39, 0.29) is 11.5 Å². The molecule has 0 amide bonds. The number of hydrogen-bond acceptors (Lipinski definition) is 4. The maximum atomic E-state index is 11.6. The molecule has 1 saturated carbocycles. The predicted octanol–water partition coefficient (Wildman–Crippen LogP) is 1.79. The minimum atomic E-state index is -2.94. The summed E-state index contributed by atoms with van der Waals surface area (Å²) in [7, 11) is -2.94. The lowest BCUT2D eigenvalue weighted by molar-refractivity contribution is 0.575. The maximum absolute atomic E-state index is 11.6. The maximum Gasteiger partial charge on any atom is 0.151 e. The van der Waals surface area contributed by atoms with Crippen LogP contribution in [0.4, 0.5) is 0 Å². The van der Waals surface area contributed by atoms with Crippen molar-refractivity contribution < 1.29 is 8.42 Å². The fourth-order valence-corrected chi connectivity index (χ4v) is 3.48. The standard InChI is InChI=1S/C15H27N3O2S/c1-5-21(19,20)9-8-18-13(4)15(12(3)17-18)11(2)10-16-14-6-7-14/h11,14,16H,5-10H2,1-4H3. The van der Waals surface area contributed by atoms with Crippen LogP contribution in [0.1, 0.15) is 49.6 Å². The molecule has 0 saturated heterocycles. The highest BCUT2D eigenvalue weighted by atomic mass is 32.2. The monoisotopic (exact) mass is 313 g/mol. The van der Waals surface area contributed by atoms with E-state index in [0.717, 1.165) is 17.9 Å². The Morgan fingerprint density at radius 3 is 2.62 bits per heavy atom. The molecule has 1 fully saturated rings. The summed E-state index contributed by atoms with van der Waals surface area (Å²) in [6, 6.07) is 0.706. The molecule has 120 valence electrons. The molecule has 0 aliphatic heterocycles. The lowest BCUT2D eigenvalue weighted by atomic mass is 9.99. The number of aryl methyl sites for hydroxylation is 2. The number of rotatable bonds is 8. The highest BCUT2D eigenvalue weighted by Crippen LogP contribution is 2.25. The van der Waals surface area contributed by atoms with Crippen LogP contribution in [0.2, 0.25) is 0 Å². The first kappa shape index (κ1) is 16.5. The van der Waals surface area contributed by atoms with Crippen molar-refractivity contribution in [1.29, 1.82) is 0 Å². The smallest absolute Gasteiger partial charge is 0.151 e. The highest BCUT2D eigenvalue weighted by Gasteiger charge is 2.23. The zero-order valence-corrected chi connectivity index (χ0v) is 14.3. The molecule has 0 radical (unpaired) electrons. The molecule has 1 atom stereocenters. The molecule has 0 aromatic carbocycles. The molecule has 0 bridgehead atoms. The van der Waals surface area contributed by atoms with Crippen molar-refractivity contribution in [2.45, 2.75) is 59.0 Å². The molecule has 6 heteroatoms. The molecule has 1 aromatic rings. The van der Waals surface area contributed by atoms with Gasteiger partial charge >= 0.3 is 0 Å². The van der Waals surface area contributed by atoms with E-state index in [9.17, 15) is 8.42 Å². The van der Waals surface area contributed by atoms with Crippen LogP contribution < -0.4 is 5.32 Å². The molecular formula is C15H27N3O2S. The van der Waals surface area contributed by atoms with Crippen LogP contribution in [-0.2, 0) is 16.4 Å². The van der Waals surface area contributed by atoms with E-state index in [0.29, 0.717) is 18.5 Å². The lowest BCUT2D eigenvalue weighted by Gasteiger charge is -2.13. The first-order valence-corrected chi connectivity index (χ1v) is 9.64. The first-order chi connectivity index (χ1) is 9.84. The van der Waals surface area contributed by atoms with Crippen molar-refractivity contribution in [3.05, 3.63) is 17.0 Å². The van der Waals surface area contributed by atoms with Crippen LogP contribution in [0.3, 0.4) is 0 Å². The van der Waals surface area contributed by atoms with Gasteiger partial charge in [0.1, 0.15) is 0 Å². The molecule has 1 N–H and O–H groups in total. The number of sulfone groups is 1. The molecule has 1 unspecified atom stereocenters. The van der Waals surface area contributed by atoms with Gasteiger partial charge in [0.2, 0.25) is 0 Å². The first-order valence-electron chi connectivity index (χ1n) is 7.81. The van der Waals surface area contributed by atoms with E-state index < -0.39 is 9.84 Å². The van der Waals surface area contributed by atoms with E-state index >= 15 is 0 Å². The van der Waals surface area contributed by atoms with Crippen molar-refractivity contribution >= 4 is 9.84 Å². The second kappa shape index (κ2) is 6.48. The van der Waals surface area contributed by atoms with Crippen molar-refractivity contribution in [2.75, 3.05) is 18.1 Å². The van der Waals surface area contributed by atoms with E-state index in [1.165, 1.54) is 18.4 Å². The van der Waals surface area contributed by atoms with Gasteiger partial charge in [0.15, 0.2) is 9.84 Å². The Balaban J connectivity index is 2.05. The summed E-state index contributed by atoms with van der Waals surface area (Å²) in [4.78, 5) is 0. The third-order valence-electron chi connectivity index (χ3n) is 4.27. The highest BCUT2D eigenvalue weighted by molar-refractivity contribution is 7.91. The molecule has 0 spiro atoms. The normalized spacial score (nSPS) is 17.1. The lowest BCUT2D eigenvalue weighted by Crippen LogP contribution is -2.22. The summed E-state index contributed by atoms with van der Waals surface area (Å²) < 4.78 is 25.1. The molecule has 5 nitrogen and oxygen atoms in total. The van der Waals surface area contributed by atoms with Gasteiger partial charge in [0.05, 0.1) is 18.0 Å². The molecule has 1 heterocycles. The number of nitrogens with one attached hydrogen (secondary N) is 1. The van der Waals surface area contributed by atoms with Gasteiger partial charge in [-0.15, -0.1) is 0 Å². The Hall–Kier alpha value is -0.880. The van der Waals surface area contributed by atoms with E-state index in [1.807, 2.05) is 18.5 Å². The van der Waals surface area contributed by atoms with E-state index in [4.69, 9.17) is 0 Å². The third kappa shape index (κ3) is 4.30. The van der Waals surface area contributed by atoms with E-state index in [1.54, 1.807) is 6.92 Å². The van der Waals surface area contributed by atoms with Crippen LogP contribution in [0.25, 0.3) is 0 Å². The van der Waals surface area contributed by atoms with Crippen molar-refractivity contribution in [3.63, 3.8) is 0 Å². The summed E-state index contributed by atoms with van der Waals surface area (Å²) in [5, 5.41) is 8.09. The fourth-order valence-electron chi connectivity index (χ4n) is 2.74. The summed E-state index contributed by atoms with van der Waals surface area (Å²) in [6.45, 7) is 9.37. The Morgan fingerprint density at radius 1 is 1.38 bits per heavy atom. The number of aromatic nitrogens is 2. The minimum Gasteiger partial charge on any atom is -0.313 e. The number of nitrogens with zero attached hydrogens (tertiary/aromatic N) is 2. The zero-order chi connectivity index (χ0) is 15.6. The van der Waals surface area contributed by atoms with Crippen LogP contribution in [0.15, 0.2) is 0 Å². The van der Waals surface area contributed by atoms with Crippen molar-refractivity contribution in [2.24, 2.45) is 0 Å². The third-order valence-corrected chi connectivity index (χ3v) is 5.96. The molecule has 1 aromatic heterocycles. The molecule has 2 rings (SSSR count). The quantitative estimate of drug-likeness (QED) is 0.795. The van der Waals surface area contributed by atoms with Gasteiger partial charge in [-0.3, -0.25) is 4.68 Å². The molecule has 1 aliphatic rings. The van der Waals surface area contributed by atoms with Gasteiger partial charge in [-0.05, 0) is 38.2 Å². The number of hydrogen-bond donors (Lipinski definition) is 1. The van der Waals surface area contributed by atoms with Crippen LogP contribution in [0, 0.1) is 13.8 Å². The van der Waals surface area contributed by atoms with Gasteiger partial charge in [-0.25, -0.2) is 8.42 Å². The minimum absolute atomic E-state index is 0.166. The fraction of sp³-hybridized carbons (Fsp3) is 0.800. The molecular weight excluding hydrogens is 286 g/mol. The summed E-state index contributed by atoms with van der Waals surface area (Å²) >= 11 is 0. The van der Waals surface area contributed by atoms with Gasteiger partial charge in [-0.2, -0.15) is 5.10 Å². The predicted molar refractivity (Wildman–Crippen MR) is 85.5 cm³/mol. The van der Waals surface area contributed by atoms with Gasteiger partial charge < -0.3 is 5.32 Å². The zero-order valence-electron chi connectivity index (χ0n) is 13.5. The Morgan fingerprint density at radius 2 is 2.05 bits per heavy atom. The van der Waals surface area contributed by atoms with Crippen LogP contribution in [0.5, 0.6) is 0 Å². The average Bonchev–Trinajstić information content (AvgIpc) is 3.20. The Kier molecular flexibility index (Phi) is 5.09. The topological polar surface area (TPSA) is 64.0 Å². The summed E-state index contributed by atoms with van der Waals surface area (Å²) in [6.07, 6.45) is 2.58. The summed E-state index contributed by atoms with van der Waals surface area (Å²) in [5.41, 5.74) is 3.38. The van der Waals surface area contributed by atoms with Crippen LogP contribution in [-0.4, -0.2) is 42.3 Å². The average molecular weight is 313 g/mol. The second-order valence-corrected chi connectivity index (χ2v) is 8.60. The van der Waals surface area contributed by atoms with Crippen LogP contribution >= 0.6 is 0 Å². The Bertz CT molecular complexity index is 588. The Labute approximate surface area is 128 Å². The van der Waals surface area contributed by atoms with Gasteiger partial charge in [0.25, 0.3) is 0 Å². The SMILES string of the molecule is CCS(=O)(=O)CCn1nc(C)c(C(C)CNC2CC2)c1C.